The lowest BCUT2D eigenvalue weighted by molar-refractivity contribution is -0.151. The van der Waals surface area contributed by atoms with Crippen LogP contribution in [0.3, 0.4) is 0 Å². The first-order valence-corrected chi connectivity index (χ1v) is 5.01. The Kier molecular flexibility index (Phi) is 6.57. The van der Waals surface area contributed by atoms with Gasteiger partial charge in [0.2, 0.25) is 11.9 Å². The van der Waals surface area contributed by atoms with Gasteiger partial charge in [-0.3, -0.25) is 10.1 Å². The zero-order valence-electron chi connectivity index (χ0n) is 9.47. The van der Waals surface area contributed by atoms with Gasteiger partial charge >= 0.3 is 11.9 Å². The van der Waals surface area contributed by atoms with Gasteiger partial charge in [0.1, 0.15) is 0 Å². The van der Waals surface area contributed by atoms with Crippen molar-refractivity contribution in [2.45, 2.75) is 25.8 Å². The van der Waals surface area contributed by atoms with Crippen LogP contribution in [-0.2, 0) is 14.4 Å². The number of unbranched alkanes of at least 4 members (excludes halogenated alkanes) is 1. The molecule has 7 nitrogen and oxygen atoms in total. The maximum Gasteiger partial charge on any atom is 0.332 e. The van der Waals surface area contributed by atoms with E-state index in [0.717, 1.165) is 0 Å². The summed E-state index contributed by atoms with van der Waals surface area (Å²) in [6.07, 6.45) is 2.66. The Morgan fingerprint density at radius 2 is 1.82 bits per heavy atom. The van der Waals surface area contributed by atoms with E-state index < -0.39 is 23.9 Å². The Morgan fingerprint density at radius 3 is 2.24 bits per heavy atom. The summed E-state index contributed by atoms with van der Waals surface area (Å²) in [6, 6.07) is -1.60. The van der Waals surface area contributed by atoms with Crippen molar-refractivity contribution in [2.75, 3.05) is 6.54 Å². The smallest absolute Gasteiger partial charge is 0.332 e. The Hall–Kier alpha value is -1.89. The van der Waals surface area contributed by atoms with E-state index in [0.29, 0.717) is 18.4 Å². The van der Waals surface area contributed by atoms with Crippen LogP contribution in [0.5, 0.6) is 0 Å². The number of aliphatic carboxylic acids is 2. The predicted molar refractivity (Wildman–Crippen MR) is 59.2 cm³/mol. The van der Waals surface area contributed by atoms with E-state index in [1.54, 1.807) is 13.0 Å². The molecule has 5 N–H and O–H groups in total. The van der Waals surface area contributed by atoms with Crippen molar-refractivity contribution in [1.82, 2.24) is 5.32 Å². The van der Waals surface area contributed by atoms with E-state index in [9.17, 15) is 14.4 Å². The van der Waals surface area contributed by atoms with Crippen molar-refractivity contribution >= 4 is 17.8 Å². The van der Waals surface area contributed by atoms with E-state index in [2.05, 4.69) is 5.32 Å². The summed E-state index contributed by atoms with van der Waals surface area (Å²) in [4.78, 5) is 31.6. The second-order valence-corrected chi connectivity index (χ2v) is 3.46. The summed E-state index contributed by atoms with van der Waals surface area (Å²) in [5.41, 5.74) is 5.43. The zero-order valence-corrected chi connectivity index (χ0v) is 9.47. The lowest BCUT2D eigenvalue weighted by Gasteiger charge is -2.08. The highest BCUT2D eigenvalue weighted by molar-refractivity contribution is 5.97. The molecule has 0 aliphatic heterocycles. The van der Waals surface area contributed by atoms with Crippen molar-refractivity contribution in [1.29, 1.82) is 0 Å². The van der Waals surface area contributed by atoms with Gasteiger partial charge in [-0.1, -0.05) is 6.08 Å². The van der Waals surface area contributed by atoms with Crippen LogP contribution in [0.1, 0.15) is 19.8 Å². The first kappa shape index (κ1) is 15.1. The highest BCUT2D eigenvalue weighted by Crippen LogP contribution is 1.97. The number of nitrogens with one attached hydrogen (secondary N) is 1. The maximum atomic E-state index is 10.6. The third kappa shape index (κ3) is 6.31. The molecule has 0 unspecified atom stereocenters. The van der Waals surface area contributed by atoms with Gasteiger partial charge in [-0.2, -0.15) is 0 Å². The van der Waals surface area contributed by atoms with E-state index in [1.807, 2.05) is 0 Å². The molecule has 0 heterocycles. The number of allylic oxidation sites excluding steroid dienone is 1. The molecule has 0 aliphatic carbocycles. The van der Waals surface area contributed by atoms with Crippen molar-refractivity contribution in [2.24, 2.45) is 5.73 Å². The van der Waals surface area contributed by atoms with Crippen LogP contribution < -0.4 is 11.1 Å². The standard InChI is InChI=1S/C10H16N2O5/c1-6(8(11)13)4-2-3-5-12-7(9(14)15)10(16)17/h4,7,12H,2-3,5H2,1H3,(H2,11,13)(H,14,15)(H,16,17). The van der Waals surface area contributed by atoms with Crippen LogP contribution >= 0.6 is 0 Å². The fourth-order valence-electron chi connectivity index (χ4n) is 1.05. The van der Waals surface area contributed by atoms with Crippen LogP contribution in [0.2, 0.25) is 0 Å². The summed E-state index contributed by atoms with van der Waals surface area (Å²) >= 11 is 0. The van der Waals surface area contributed by atoms with Crippen LogP contribution in [0.25, 0.3) is 0 Å². The first-order valence-electron chi connectivity index (χ1n) is 5.01. The Bertz CT molecular complexity index is 324. The molecule has 96 valence electrons. The number of rotatable bonds is 8. The topological polar surface area (TPSA) is 130 Å². The molecule has 0 fully saturated rings. The molecule has 0 aromatic heterocycles. The van der Waals surface area contributed by atoms with Gasteiger partial charge in [0, 0.05) is 5.57 Å². The number of carboxylic acids is 2. The van der Waals surface area contributed by atoms with Gasteiger partial charge in [0.05, 0.1) is 0 Å². The fraction of sp³-hybridized carbons (Fsp3) is 0.500. The normalized spacial score (nSPS) is 11.5. The largest absolute Gasteiger partial charge is 0.480 e. The molecule has 0 aromatic rings. The number of nitrogens with two attached hydrogens (primary N) is 1. The van der Waals surface area contributed by atoms with Gasteiger partial charge in [-0.25, -0.2) is 9.59 Å². The zero-order chi connectivity index (χ0) is 13.4. The average molecular weight is 244 g/mol. The summed E-state index contributed by atoms with van der Waals surface area (Å²) in [5, 5.41) is 19.5. The van der Waals surface area contributed by atoms with Crippen molar-refractivity contribution in [3.8, 4) is 0 Å². The minimum Gasteiger partial charge on any atom is -0.480 e. The van der Waals surface area contributed by atoms with E-state index in [1.165, 1.54) is 0 Å². The van der Waals surface area contributed by atoms with Crippen molar-refractivity contribution < 1.29 is 24.6 Å². The predicted octanol–water partition coefficient (Wildman–Crippen LogP) is -0.674. The third-order valence-electron chi connectivity index (χ3n) is 2.06. The number of carboxylic acid groups (broad SMARTS) is 2. The molecular weight excluding hydrogens is 228 g/mol. The number of amides is 1. The second kappa shape index (κ2) is 7.39. The van der Waals surface area contributed by atoms with Gasteiger partial charge in [0.25, 0.3) is 0 Å². The highest BCUT2D eigenvalue weighted by atomic mass is 16.4. The molecule has 0 atom stereocenters. The van der Waals surface area contributed by atoms with Crippen LogP contribution in [0, 0.1) is 0 Å². The summed E-state index contributed by atoms with van der Waals surface area (Å²) in [5.74, 6) is -3.37. The number of hydrogen-bond acceptors (Lipinski definition) is 4. The third-order valence-corrected chi connectivity index (χ3v) is 2.06. The van der Waals surface area contributed by atoms with Crippen LogP contribution in [0.4, 0.5) is 0 Å². The molecule has 0 aliphatic rings. The summed E-state index contributed by atoms with van der Waals surface area (Å²) < 4.78 is 0. The van der Waals surface area contributed by atoms with Crippen LogP contribution in [0.15, 0.2) is 11.6 Å². The minimum absolute atomic E-state index is 0.228. The number of carbonyl (C=O) groups excluding carboxylic acids is 1. The highest BCUT2D eigenvalue weighted by Gasteiger charge is 2.24. The molecule has 0 radical (unpaired) electrons. The molecule has 0 spiro atoms. The van der Waals surface area contributed by atoms with E-state index in [4.69, 9.17) is 15.9 Å². The molecule has 17 heavy (non-hydrogen) atoms. The Labute approximate surface area is 98.3 Å². The van der Waals surface area contributed by atoms with E-state index in [-0.39, 0.29) is 6.54 Å². The molecule has 0 bridgehead atoms. The number of hydrogen-bond donors (Lipinski definition) is 4. The number of carbonyl (C=O) groups is 3. The molecule has 0 saturated heterocycles. The quantitative estimate of drug-likeness (QED) is 0.254. The molecule has 0 aromatic carbocycles. The maximum absolute atomic E-state index is 10.6. The lowest BCUT2D eigenvalue weighted by Crippen LogP contribution is -2.43. The monoisotopic (exact) mass is 244 g/mol. The minimum atomic E-state index is -1.60. The van der Waals surface area contributed by atoms with Crippen molar-refractivity contribution in [3.63, 3.8) is 0 Å². The van der Waals surface area contributed by atoms with Crippen LogP contribution in [-0.4, -0.2) is 40.6 Å². The Balaban J connectivity index is 3.92. The lowest BCUT2D eigenvalue weighted by atomic mass is 10.2. The first-order chi connectivity index (χ1) is 7.86. The SMILES string of the molecule is CC(=CCCCNC(C(=O)O)C(=O)O)C(N)=O. The summed E-state index contributed by atoms with van der Waals surface area (Å²) in [6.45, 7) is 1.80. The molecule has 0 saturated carbocycles. The second-order valence-electron chi connectivity index (χ2n) is 3.46. The summed E-state index contributed by atoms with van der Waals surface area (Å²) in [7, 11) is 0. The van der Waals surface area contributed by atoms with Gasteiger partial charge in [-0.15, -0.1) is 0 Å². The Morgan fingerprint density at radius 1 is 1.29 bits per heavy atom. The van der Waals surface area contributed by atoms with Crippen molar-refractivity contribution in [3.05, 3.63) is 11.6 Å². The molecule has 0 rings (SSSR count). The fourth-order valence-corrected chi connectivity index (χ4v) is 1.05. The van der Waals surface area contributed by atoms with E-state index >= 15 is 0 Å². The van der Waals surface area contributed by atoms with Gasteiger partial charge in [-0.05, 0) is 26.3 Å². The number of primary amides is 1. The molecule has 7 heteroatoms. The average Bonchev–Trinajstić information content (AvgIpc) is 2.21. The molecule has 1 amide bonds. The van der Waals surface area contributed by atoms with Gasteiger partial charge < -0.3 is 15.9 Å². The molecular formula is C10H16N2O5. The van der Waals surface area contributed by atoms with Gasteiger partial charge in [0.15, 0.2) is 0 Å².